The molecule has 2 rings (SSSR count). The summed E-state index contributed by atoms with van der Waals surface area (Å²) in [5.41, 5.74) is 1.47. The molecule has 2 aromatic rings. The largest absolute Gasteiger partial charge is 0.493 e. The Balaban J connectivity index is 1.90. The molecule has 26 heavy (non-hydrogen) atoms. The normalized spacial score (nSPS) is 9.92. The fraction of sp³-hybridized carbons (Fsp3) is 0.211. The van der Waals surface area contributed by atoms with Gasteiger partial charge in [-0.1, -0.05) is 27.9 Å². The van der Waals surface area contributed by atoms with E-state index >= 15 is 0 Å². The van der Waals surface area contributed by atoms with Crippen LogP contribution in [0.25, 0.3) is 0 Å². The van der Waals surface area contributed by atoms with Crippen LogP contribution in [0.1, 0.15) is 11.1 Å². The summed E-state index contributed by atoms with van der Waals surface area (Å²) in [5.74, 6) is 3.10. The molecule has 2 aromatic carbocycles. The van der Waals surface area contributed by atoms with Crippen molar-refractivity contribution in [1.29, 1.82) is 0 Å². The molecular weight excluding hydrogens is 403 g/mol. The average Bonchev–Trinajstić information content (AvgIpc) is 2.65. The molecule has 0 fully saturated rings. The van der Waals surface area contributed by atoms with Crippen molar-refractivity contribution in [3.05, 3.63) is 57.8 Å². The van der Waals surface area contributed by atoms with Crippen molar-refractivity contribution in [2.75, 3.05) is 13.7 Å². The lowest BCUT2D eigenvalue weighted by atomic mass is 10.2. The second-order valence-corrected chi connectivity index (χ2v) is 6.10. The number of nitrogens with one attached hydrogen (secondary N) is 2. The van der Waals surface area contributed by atoms with E-state index in [9.17, 15) is 9.18 Å². The Morgan fingerprint density at radius 1 is 1.19 bits per heavy atom. The first-order valence-corrected chi connectivity index (χ1v) is 8.51. The summed E-state index contributed by atoms with van der Waals surface area (Å²) in [6.45, 7) is 0.603. The Hall–Kier alpha value is -2.72. The molecule has 0 spiro atoms. The molecule has 0 aromatic heterocycles. The Morgan fingerprint density at radius 2 is 1.96 bits per heavy atom. The van der Waals surface area contributed by atoms with Gasteiger partial charge in [-0.15, -0.1) is 6.42 Å². The molecule has 5 nitrogen and oxygen atoms in total. The first kappa shape index (κ1) is 19.6. The number of urea groups is 1. The number of methoxy groups -OCH3 is 1. The van der Waals surface area contributed by atoms with Crippen LogP contribution < -0.4 is 20.1 Å². The van der Waals surface area contributed by atoms with Crippen molar-refractivity contribution < 1.29 is 18.7 Å². The first-order chi connectivity index (χ1) is 12.5. The van der Waals surface area contributed by atoms with Crippen LogP contribution in [0.4, 0.5) is 9.18 Å². The van der Waals surface area contributed by atoms with Crippen LogP contribution in [0.2, 0.25) is 0 Å². The van der Waals surface area contributed by atoms with Gasteiger partial charge in [0.1, 0.15) is 12.4 Å². The Kier molecular flexibility index (Phi) is 7.30. The van der Waals surface area contributed by atoms with E-state index in [1.54, 1.807) is 18.2 Å². The number of hydrogen-bond acceptors (Lipinski definition) is 3. The number of carbonyl (C=O) groups excluding carboxylic acids is 1. The predicted octanol–water partition coefficient (Wildman–Crippen LogP) is 3.61. The van der Waals surface area contributed by atoms with Gasteiger partial charge in [0.05, 0.1) is 7.11 Å². The number of benzene rings is 2. The van der Waals surface area contributed by atoms with Gasteiger partial charge in [0.2, 0.25) is 0 Å². The highest BCUT2D eigenvalue weighted by molar-refractivity contribution is 9.10. The molecule has 0 bridgehead atoms. The van der Waals surface area contributed by atoms with Gasteiger partial charge in [-0.25, -0.2) is 9.18 Å². The average molecular weight is 421 g/mol. The predicted molar refractivity (Wildman–Crippen MR) is 100 cm³/mol. The maximum Gasteiger partial charge on any atom is 0.315 e. The Morgan fingerprint density at radius 3 is 2.69 bits per heavy atom. The smallest absolute Gasteiger partial charge is 0.315 e. The van der Waals surface area contributed by atoms with E-state index in [1.807, 2.05) is 6.07 Å². The van der Waals surface area contributed by atoms with Crippen molar-refractivity contribution in [1.82, 2.24) is 10.6 Å². The van der Waals surface area contributed by atoms with Crippen molar-refractivity contribution >= 4 is 22.0 Å². The van der Waals surface area contributed by atoms with Gasteiger partial charge >= 0.3 is 6.03 Å². The van der Waals surface area contributed by atoms with Gasteiger partial charge in [0.15, 0.2) is 11.5 Å². The highest BCUT2D eigenvalue weighted by atomic mass is 79.9. The van der Waals surface area contributed by atoms with E-state index in [0.29, 0.717) is 17.1 Å². The van der Waals surface area contributed by atoms with Gasteiger partial charge in [-0.05, 0) is 41.5 Å². The van der Waals surface area contributed by atoms with Crippen molar-refractivity contribution in [3.63, 3.8) is 0 Å². The van der Waals surface area contributed by atoms with Crippen LogP contribution in [0.15, 0.2) is 40.9 Å². The third kappa shape index (κ3) is 5.67. The Bertz CT molecular complexity index is 821. The third-order valence-electron chi connectivity index (χ3n) is 3.44. The van der Waals surface area contributed by atoms with Crippen LogP contribution in [-0.4, -0.2) is 19.7 Å². The maximum atomic E-state index is 13.2. The molecule has 0 atom stereocenters. The molecule has 0 aliphatic rings. The van der Waals surface area contributed by atoms with E-state index in [2.05, 4.69) is 32.5 Å². The lowest BCUT2D eigenvalue weighted by Crippen LogP contribution is -2.34. The zero-order chi connectivity index (χ0) is 18.9. The molecule has 0 radical (unpaired) electrons. The van der Waals surface area contributed by atoms with Crippen LogP contribution in [0, 0.1) is 18.2 Å². The SMILES string of the molecule is C#CCOc1cc(CNC(=O)NCc2cc(F)ccc2Br)ccc1OC. The van der Waals surface area contributed by atoms with Crippen molar-refractivity contribution in [3.8, 4) is 23.8 Å². The van der Waals surface area contributed by atoms with Gasteiger partial charge in [0, 0.05) is 17.6 Å². The van der Waals surface area contributed by atoms with Crippen LogP contribution in [0.5, 0.6) is 11.5 Å². The number of hydrogen-bond donors (Lipinski definition) is 2. The summed E-state index contributed by atoms with van der Waals surface area (Å²) < 4.78 is 24.6. The lowest BCUT2D eigenvalue weighted by Gasteiger charge is -2.12. The van der Waals surface area contributed by atoms with Crippen molar-refractivity contribution in [2.45, 2.75) is 13.1 Å². The molecular formula is C19H18BrFN2O3. The quantitative estimate of drug-likeness (QED) is 0.672. The van der Waals surface area contributed by atoms with E-state index in [1.165, 1.54) is 19.2 Å². The zero-order valence-electron chi connectivity index (χ0n) is 14.1. The van der Waals surface area contributed by atoms with Gasteiger partial charge in [0.25, 0.3) is 0 Å². The first-order valence-electron chi connectivity index (χ1n) is 7.72. The lowest BCUT2D eigenvalue weighted by molar-refractivity contribution is 0.240. The summed E-state index contributed by atoms with van der Waals surface area (Å²) in [6, 6.07) is 9.23. The molecule has 136 valence electrons. The van der Waals surface area contributed by atoms with E-state index in [-0.39, 0.29) is 31.5 Å². The number of rotatable bonds is 7. The second-order valence-electron chi connectivity index (χ2n) is 5.25. The number of halogens is 2. The summed E-state index contributed by atoms with van der Waals surface area (Å²) in [7, 11) is 1.54. The van der Waals surface area contributed by atoms with Crippen LogP contribution in [-0.2, 0) is 13.1 Å². The standard InChI is InChI=1S/C19H18BrFN2O3/c1-3-8-26-18-9-13(4-7-17(18)25-2)11-22-19(24)23-12-14-10-15(21)5-6-16(14)20/h1,4-7,9-10H,8,11-12H2,2H3,(H2,22,23,24). The molecule has 0 heterocycles. The molecule has 0 aliphatic carbocycles. The molecule has 7 heteroatoms. The molecule has 0 unspecified atom stereocenters. The fourth-order valence-electron chi connectivity index (χ4n) is 2.16. The summed E-state index contributed by atoms with van der Waals surface area (Å²) in [6.07, 6.45) is 5.20. The zero-order valence-corrected chi connectivity index (χ0v) is 15.7. The monoisotopic (exact) mass is 420 g/mol. The van der Waals surface area contributed by atoms with Crippen molar-refractivity contribution in [2.24, 2.45) is 0 Å². The molecule has 2 amide bonds. The number of terminal acetylenes is 1. The summed E-state index contributed by atoms with van der Waals surface area (Å²) in [5, 5.41) is 5.41. The summed E-state index contributed by atoms with van der Waals surface area (Å²) in [4.78, 5) is 12.0. The number of amides is 2. The van der Waals surface area contributed by atoms with Crippen LogP contribution >= 0.6 is 15.9 Å². The topological polar surface area (TPSA) is 59.6 Å². The molecule has 2 N–H and O–H groups in total. The fourth-order valence-corrected chi connectivity index (χ4v) is 2.55. The van der Waals surface area contributed by atoms with Crippen LogP contribution in [0.3, 0.4) is 0 Å². The second kappa shape index (κ2) is 9.68. The molecule has 0 aliphatic heterocycles. The number of carbonyl (C=O) groups is 1. The van der Waals surface area contributed by atoms with Gasteiger partial charge < -0.3 is 20.1 Å². The van der Waals surface area contributed by atoms with E-state index in [4.69, 9.17) is 15.9 Å². The van der Waals surface area contributed by atoms with Gasteiger partial charge in [-0.2, -0.15) is 0 Å². The maximum absolute atomic E-state index is 13.2. The molecule has 0 saturated heterocycles. The minimum Gasteiger partial charge on any atom is -0.493 e. The highest BCUT2D eigenvalue weighted by Crippen LogP contribution is 2.28. The number of ether oxygens (including phenoxy) is 2. The van der Waals surface area contributed by atoms with Gasteiger partial charge in [-0.3, -0.25) is 0 Å². The summed E-state index contributed by atoms with van der Waals surface area (Å²) >= 11 is 3.32. The molecule has 0 saturated carbocycles. The van der Waals surface area contributed by atoms with E-state index < -0.39 is 0 Å². The third-order valence-corrected chi connectivity index (χ3v) is 4.21. The van der Waals surface area contributed by atoms with E-state index in [0.717, 1.165) is 10.0 Å². The Labute approximate surface area is 160 Å². The minimum atomic E-state index is -0.372. The highest BCUT2D eigenvalue weighted by Gasteiger charge is 2.08. The minimum absolute atomic E-state index is 0.121.